The monoisotopic (exact) mass is 290 g/mol. The van der Waals surface area contributed by atoms with Gasteiger partial charge in [0.25, 0.3) is 0 Å². The molecule has 0 saturated carbocycles. The third-order valence-corrected chi connectivity index (χ3v) is 3.24. The van der Waals surface area contributed by atoms with Crippen molar-refractivity contribution in [3.8, 4) is 0 Å². The number of ether oxygens (including phenoxy) is 1. The lowest BCUT2D eigenvalue weighted by Crippen LogP contribution is -2.18. The molecule has 0 aromatic heterocycles. The summed E-state index contributed by atoms with van der Waals surface area (Å²) in [6, 6.07) is 2.88. The van der Waals surface area contributed by atoms with Gasteiger partial charge in [0.2, 0.25) is 15.9 Å². The topological polar surface area (TPSA) is 98.5 Å². The molecule has 0 fully saturated rings. The van der Waals surface area contributed by atoms with Crippen molar-refractivity contribution in [2.75, 3.05) is 19.0 Å². The summed E-state index contributed by atoms with van der Waals surface area (Å²) >= 11 is 0. The number of methoxy groups -OCH3 is 1. The highest BCUT2D eigenvalue weighted by Gasteiger charge is 2.16. The summed E-state index contributed by atoms with van der Waals surface area (Å²) in [4.78, 5) is 11.2. The van der Waals surface area contributed by atoms with Gasteiger partial charge >= 0.3 is 0 Å². The number of nitrogens with two attached hydrogens (primary N) is 1. The Bertz CT molecular complexity index is 560. The number of hydrogen-bond acceptors (Lipinski definition) is 4. The summed E-state index contributed by atoms with van der Waals surface area (Å²) in [7, 11) is -2.52. The van der Waals surface area contributed by atoms with Gasteiger partial charge in [-0.3, -0.25) is 4.79 Å². The second-order valence-electron chi connectivity index (χ2n) is 3.83. The van der Waals surface area contributed by atoms with Gasteiger partial charge in [-0.25, -0.2) is 17.9 Å². The molecule has 3 N–H and O–H groups in total. The zero-order chi connectivity index (χ0) is 14.5. The van der Waals surface area contributed by atoms with E-state index in [2.05, 4.69) is 5.32 Å². The first-order chi connectivity index (χ1) is 8.84. The van der Waals surface area contributed by atoms with Crippen molar-refractivity contribution in [1.29, 1.82) is 0 Å². The van der Waals surface area contributed by atoms with E-state index in [1.165, 1.54) is 7.11 Å². The molecule has 0 aliphatic heterocycles. The van der Waals surface area contributed by atoms with Gasteiger partial charge < -0.3 is 10.1 Å². The van der Waals surface area contributed by atoms with E-state index < -0.39 is 21.7 Å². The Morgan fingerprint density at radius 3 is 2.74 bits per heavy atom. The zero-order valence-corrected chi connectivity index (χ0v) is 11.2. The average Bonchev–Trinajstić information content (AvgIpc) is 2.27. The molecule has 0 atom stereocenters. The van der Waals surface area contributed by atoms with Crippen molar-refractivity contribution >= 4 is 21.6 Å². The molecule has 0 radical (unpaired) electrons. The molecule has 1 amide bonds. The Labute approximate surface area is 110 Å². The van der Waals surface area contributed by atoms with E-state index >= 15 is 0 Å². The van der Waals surface area contributed by atoms with Crippen molar-refractivity contribution < 1.29 is 22.3 Å². The molecule has 19 heavy (non-hydrogen) atoms. The first-order valence-corrected chi connectivity index (χ1v) is 7.00. The molecule has 0 heterocycles. The van der Waals surface area contributed by atoms with Crippen molar-refractivity contribution in [1.82, 2.24) is 0 Å². The average molecular weight is 290 g/mol. The van der Waals surface area contributed by atoms with Crippen LogP contribution >= 0.6 is 0 Å². The number of hydrogen-bond donors (Lipinski definition) is 2. The molecule has 0 spiro atoms. The first kappa shape index (κ1) is 15.5. The predicted octanol–water partition coefficient (Wildman–Crippen LogP) is 0.838. The molecule has 1 aromatic rings. The number of nitrogens with one attached hydrogen (secondary N) is 1. The third kappa shape index (κ3) is 4.93. The lowest BCUT2D eigenvalue weighted by atomic mass is 10.2. The molecule has 0 aliphatic carbocycles. The van der Waals surface area contributed by atoms with Crippen LogP contribution in [0, 0.1) is 5.82 Å². The van der Waals surface area contributed by atoms with Gasteiger partial charge in [0, 0.05) is 20.1 Å². The number of sulfonamides is 1. The molecule has 1 rings (SSSR count). The number of halogens is 1. The highest BCUT2D eigenvalue weighted by atomic mass is 32.2. The Hall–Kier alpha value is -1.51. The molecular formula is C11H15FN2O4S. The summed E-state index contributed by atoms with van der Waals surface area (Å²) < 4.78 is 40.5. The molecular weight excluding hydrogens is 275 g/mol. The first-order valence-electron chi connectivity index (χ1n) is 5.45. The lowest BCUT2D eigenvalue weighted by molar-refractivity contribution is -0.116. The lowest BCUT2D eigenvalue weighted by Gasteiger charge is -2.09. The maximum atomic E-state index is 13.1. The molecule has 0 unspecified atom stereocenters. The highest BCUT2D eigenvalue weighted by molar-refractivity contribution is 7.89. The minimum absolute atomic E-state index is 0.133. The van der Waals surface area contributed by atoms with Crippen LogP contribution in [0.1, 0.15) is 12.8 Å². The van der Waals surface area contributed by atoms with E-state index in [4.69, 9.17) is 9.88 Å². The van der Waals surface area contributed by atoms with Crippen molar-refractivity contribution in [2.45, 2.75) is 17.7 Å². The number of benzene rings is 1. The van der Waals surface area contributed by atoms with E-state index in [1.807, 2.05) is 0 Å². The van der Waals surface area contributed by atoms with Gasteiger partial charge in [0.05, 0.1) is 5.69 Å². The fraction of sp³-hybridized carbons (Fsp3) is 0.364. The maximum Gasteiger partial charge on any atom is 0.240 e. The normalized spacial score (nSPS) is 11.3. The summed E-state index contributed by atoms with van der Waals surface area (Å²) in [6.07, 6.45) is 0.608. The molecule has 0 aliphatic rings. The van der Waals surface area contributed by atoms with E-state index in [1.54, 1.807) is 0 Å². The van der Waals surface area contributed by atoms with Crippen LogP contribution in [0.5, 0.6) is 0 Å². The van der Waals surface area contributed by atoms with E-state index in [9.17, 15) is 17.6 Å². The molecule has 106 valence electrons. The van der Waals surface area contributed by atoms with Crippen LogP contribution in [0.3, 0.4) is 0 Å². The van der Waals surface area contributed by atoms with Crippen LogP contribution in [0.25, 0.3) is 0 Å². The number of primary sulfonamides is 1. The fourth-order valence-corrected chi connectivity index (χ4v) is 2.11. The van der Waals surface area contributed by atoms with Crippen LogP contribution in [0.2, 0.25) is 0 Å². The van der Waals surface area contributed by atoms with E-state index in [0.29, 0.717) is 13.0 Å². The Morgan fingerprint density at radius 1 is 1.47 bits per heavy atom. The van der Waals surface area contributed by atoms with Crippen LogP contribution in [-0.2, 0) is 19.6 Å². The minimum Gasteiger partial charge on any atom is -0.385 e. The second kappa shape index (κ2) is 6.60. The van der Waals surface area contributed by atoms with Crippen LogP contribution in [0.4, 0.5) is 10.1 Å². The maximum absolute atomic E-state index is 13.1. The highest BCUT2D eigenvalue weighted by Crippen LogP contribution is 2.21. The van der Waals surface area contributed by atoms with Gasteiger partial charge in [-0.05, 0) is 24.6 Å². The number of anilines is 1. The van der Waals surface area contributed by atoms with Crippen molar-refractivity contribution in [3.05, 3.63) is 24.0 Å². The van der Waals surface area contributed by atoms with Crippen molar-refractivity contribution in [3.63, 3.8) is 0 Å². The Kier molecular flexibility index (Phi) is 5.40. The number of carbonyl (C=O) groups is 1. The number of amides is 1. The van der Waals surface area contributed by atoms with Crippen LogP contribution < -0.4 is 10.5 Å². The molecule has 6 nitrogen and oxygen atoms in total. The van der Waals surface area contributed by atoms with Crippen LogP contribution in [0.15, 0.2) is 23.1 Å². The van der Waals surface area contributed by atoms with Gasteiger partial charge in [-0.1, -0.05) is 0 Å². The summed E-state index contributed by atoms with van der Waals surface area (Å²) in [5.74, 6) is -1.10. The second-order valence-corrected chi connectivity index (χ2v) is 5.36. The number of rotatable bonds is 6. The van der Waals surface area contributed by atoms with Gasteiger partial charge in [0.1, 0.15) is 10.7 Å². The van der Waals surface area contributed by atoms with E-state index in [-0.39, 0.29) is 17.0 Å². The van der Waals surface area contributed by atoms with E-state index in [0.717, 1.165) is 18.2 Å². The van der Waals surface area contributed by atoms with Gasteiger partial charge in [-0.15, -0.1) is 0 Å². The third-order valence-electron chi connectivity index (χ3n) is 2.27. The smallest absolute Gasteiger partial charge is 0.240 e. The molecule has 0 saturated heterocycles. The van der Waals surface area contributed by atoms with Gasteiger partial charge in [0.15, 0.2) is 0 Å². The Morgan fingerprint density at radius 2 is 2.16 bits per heavy atom. The fourth-order valence-electron chi connectivity index (χ4n) is 1.44. The minimum atomic E-state index is -4.03. The summed E-state index contributed by atoms with van der Waals surface area (Å²) in [5, 5.41) is 7.31. The number of carbonyl (C=O) groups excluding carboxylic acids is 1. The molecule has 1 aromatic carbocycles. The zero-order valence-electron chi connectivity index (χ0n) is 10.3. The summed E-state index contributed by atoms with van der Waals surface area (Å²) in [5.41, 5.74) is -0.162. The predicted molar refractivity (Wildman–Crippen MR) is 67.5 cm³/mol. The molecule has 0 bridgehead atoms. The van der Waals surface area contributed by atoms with Gasteiger partial charge in [-0.2, -0.15) is 0 Å². The summed E-state index contributed by atoms with van der Waals surface area (Å²) in [6.45, 7) is 0.401. The van der Waals surface area contributed by atoms with Crippen LogP contribution in [-0.4, -0.2) is 28.0 Å². The quantitative estimate of drug-likeness (QED) is 0.758. The standard InChI is InChI=1S/C11H15FN2O4S/c1-18-6-2-3-11(15)14-9-7-8(12)4-5-10(9)19(13,16)17/h4-5,7H,2-3,6H2,1H3,(H,14,15)(H2,13,16,17). The SMILES string of the molecule is COCCCC(=O)Nc1cc(F)ccc1S(N)(=O)=O. The van der Waals surface area contributed by atoms with Crippen molar-refractivity contribution in [2.24, 2.45) is 5.14 Å². The molecule has 8 heteroatoms. The largest absolute Gasteiger partial charge is 0.385 e. The Balaban J connectivity index is 2.88.